The number of hydrogen-bond donors (Lipinski definition) is 2. The highest BCUT2D eigenvalue weighted by molar-refractivity contribution is 6.33. The highest BCUT2D eigenvalue weighted by Gasteiger charge is 2.10. The first-order chi connectivity index (χ1) is 8.50. The van der Waals surface area contributed by atoms with Gasteiger partial charge in [-0.15, -0.1) is 0 Å². The van der Waals surface area contributed by atoms with Crippen molar-refractivity contribution in [3.05, 3.63) is 22.8 Å². The van der Waals surface area contributed by atoms with Gasteiger partial charge < -0.3 is 15.3 Å². The van der Waals surface area contributed by atoms with Crippen LogP contribution in [0.2, 0.25) is 5.02 Å². The summed E-state index contributed by atoms with van der Waals surface area (Å²) < 4.78 is 0. The number of carboxylic acid groups (broad SMARTS) is 1. The van der Waals surface area contributed by atoms with Crippen LogP contribution in [0.25, 0.3) is 0 Å². The van der Waals surface area contributed by atoms with E-state index in [1.54, 1.807) is 12.1 Å². The smallest absolute Gasteiger partial charge is 0.356 e. The van der Waals surface area contributed by atoms with E-state index in [0.29, 0.717) is 5.82 Å². The van der Waals surface area contributed by atoms with Crippen LogP contribution in [0.3, 0.4) is 0 Å². The summed E-state index contributed by atoms with van der Waals surface area (Å²) in [4.78, 5) is 16.9. The van der Waals surface area contributed by atoms with E-state index in [1.807, 2.05) is 14.1 Å². The molecule has 1 rings (SSSR count). The van der Waals surface area contributed by atoms with Gasteiger partial charge in [0.05, 0.1) is 5.02 Å². The fourth-order valence-corrected chi connectivity index (χ4v) is 1.65. The maximum atomic E-state index is 10.8. The minimum Gasteiger partial charge on any atom is -0.476 e. The second kappa shape index (κ2) is 7.18. The Bertz CT molecular complexity index is 410. The fraction of sp³-hybridized carbons (Fsp3) is 0.500. The number of carboxylic acids is 1. The van der Waals surface area contributed by atoms with Gasteiger partial charge in [0.1, 0.15) is 5.82 Å². The second-order valence-corrected chi connectivity index (χ2v) is 4.68. The average Bonchev–Trinajstić information content (AvgIpc) is 2.30. The molecule has 0 aromatic carbocycles. The van der Waals surface area contributed by atoms with Gasteiger partial charge in [0.25, 0.3) is 0 Å². The van der Waals surface area contributed by atoms with Crippen molar-refractivity contribution in [3.63, 3.8) is 0 Å². The zero-order valence-electron chi connectivity index (χ0n) is 10.6. The standard InChI is InChI=1S/C12H18ClN3O2/c1-16(2)8-4-3-7-14-10-6-5-9(13)11(15-10)12(17)18/h5-6H,3-4,7-8H2,1-2H3,(H,14,15)(H,17,18). The van der Waals surface area contributed by atoms with Crippen molar-refractivity contribution in [2.24, 2.45) is 0 Å². The van der Waals surface area contributed by atoms with Crippen LogP contribution in [0, 0.1) is 0 Å². The lowest BCUT2D eigenvalue weighted by atomic mass is 10.3. The maximum absolute atomic E-state index is 10.8. The molecule has 0 amide bonds. The SMILES string of the molecule is CN(C)CCCCNc1ccc(Cl)c(C(=O)O)n1. The van der Waals surface area contributed by atoms with Crippen molar-refractivity contribution in [2.75, 3.05) is 32.5 Å². The molecular weight excluding hydrogens is 254 g/mol. The van der Waals surface area contributed by atoms with Gasteiger partial charge >= 0.3 is 5.97 Å². The molecule has 0 saturated carbocycles. The summed E-state index contributed by atoms with van der Waals surface area (Å²) in [6, 6.07) is 3.22. The van der Waals surface area contributed by atoms with Crippen LogP contribution >= 0.6 is 11.6 Å². The Morgan fingerprint density at radius 2 is 2.17 bits per heavy atom. The maximum Gasteiger partial charge on any atom is 0.356 e. The van der Waals surface area contributed by atoms with Crippen molar-refractivity contribution in [3.8, 4) is 0 Å². The molecule has 100 valence electrons. The van der Waals surface area contributed by atoms with Crippen LogP contribution in [0.1, 0.15) is 23.3 Å². The van der Waals surface area contributed by atoms with E-state index in [2.05, 4.69) is 15.2 Å². The van der Waals surface area contributed by atoms with E-state index in [9.17, 15) is 4.79 Å². The summed E-state index contributed by atoms with van der Waals surface area (Å²) in [5, 5.41) is 12.1. The zero-order chi connectivity index (χ0) is 13.5. The summed E-state index contributed by atoms with van der Waals surface area (Å²) in [5.74, 6) is -0.571. The van der Waals surface area contributed by atoms with E-state index < -0.39 is 5.97 Å². The molecule has 0 aliphatic rings. The van der Waals surface area contributed by atoms with Gasteiger partial charge in [-0.3, -0.25) is 0 Å². The molecule has 0 radical (unpaired) electrons. The Morgan fingerprint density at radius 3 is 2.78 bits per heavy atom. The first kappa shape index (κ1) is 14.7. The molecule has 0 unspecified atom stereocenters. The topological polar surface area (TPSA) is 65.5 Å². The molecule has 0 aliphatic carbocycles. The Labute approximate surface area is 112 Å². The lowest BCUT2D eigenvalue weighted by Gasteiger charge is -2.10. The van der Waals surface area contributed by atoms with Crippen molar-refractivity contribution in [1.29, 1.82) is 0 Å². The number of anilines is 1. The molecule has 0 aliphatic heterocycles. The number of rotatable bonds is 7. The predicted molar refractivity (Wildman–Crippen MR) is 72.5 cm³/mol. The number of halogens is 1. The molecule has 2 N–H and O–H groups in total. The first-order valence-electron chi connectivity index (χ1n) is 5.79. The predicted octanol–water partition coefficient (Wildman–Crippen LogP) is 2.19. The van der Waals surface area contributed by atoms with Gasteiger partial charge in [-0.05, 0) is 45.6 Å². The lowest BCUT2D eigenvalue weighted by molar-refractivity contribution is 0.0691. The number of carbonyl (C=O) groups is 1. The largest absolute Gasteiger partial charge is 0.476 e. The Kier molecular flexibility index (Phi) is 5.88. The Morgan fingerprint density at radius 1 is 1.44 bits per heavy atom. The first-order valence-corrected chi connectivity index (χ1v) is 6.17. The number of nitrogens with zero attached hydrogens (tertiary/aromatic N) is 2. The number of unbranched alkanes of at least 4 members (excludes halogenated alkanes) is 1. The van der Waals surface area contributed by atoms with Gasteiger partial charge in [-0.2, -0.15) is 0 Å². The van der Waals surface area contributed by atoms with E-state index in [-0.39, 0.29) is 10.7 Å². The number of hydrogen-bond acceptors (Lipinski definition) is 4. The fourth-order valence-electron chi connectivity index (χ4n) is 1.46. The molecular formula is C12H18ClN3O2. The third-order valence-electron chi connectivity index (χ3n) is 2.39. The third kappa shape index (κ3) is 4.89. The summed E-state index contributed by atoms with van der Waals surface area (Å²) >= 11 is 5.73. The average molecular weight is 272 g/mol. The molecule has 18 heavy (non-hydrogen) atoms. The van der Waals surface area contributed by atoms with Crippen molar-refractivity contribution in [2.45, 2.75) is 12.8 Å². The Balaban J connectivity index is 2.43. The van der Waals surface area contributed by atoms with E-state index in [0.717, 1.165) is 25.9 Å². The van der Waals surface area contributed by atoms with Crippen LogP contribution < -0.4 is 5.32 Å². The van der Waals surface area contributed by atoms with Gasteiger partial charge in [0.15, 0.2) is 5.69 Å². The normalized spacial score (nSPS) is 10.7. The molecule has 0 bridgehead atoms. The van der Waals surface area contributed by atoms with Crippen molar-refractivity contribution >= 4 is 23.4 Å². The lowest BCUT2D eigenvalue weighted by Crippen LogP contribution is -2.14. The van der Waals surface area contributed by atoms with E-state index in [1.165, 1.54) is 0 Å². The van der Waals surface area contributed by atoms with E-state index in [4.69, 9.17) is 16.7 Å². The number of aromatic carboxylic acids is 1. The van der Waals surface area contributed by atoms with Crippen molar-refractivity contribution < 1.29 is 9.90 Å². The van der Waals surface area contributed by atoms with Gasteiger partial charge in [-0.25, -0.2) is 9.78 Å². The van der Waals surface area contributed by atoms with E-state index >= 15 is 0 Å². The summed E-state index contributed by atoms with van der Waals surface area (Å²) in [6.45, 7) is 1.80. The molecule has 5 nitrogen and oxygen atoms in total. The van der Waals surface area contributed by atoms with Gasteiger partial charge in [-0.1, -0.05) is 11.6 Å². The molecule has 1 aromatic heterocycles. The number of nitrogens with one attached hydrogen (secondary N) is 1. The number of pyridine rings is 1. The summed E-state index contributed by atoms with van der Waals surface area (Å²) in [6.07, 6.45) is 2.09. The summed E-state index contributed by atoms with van der Waals surface area (Å²) in [5.41, 5.74) is -0.116. The quantitative estimate of drug-likeness (QED) is 0.744. The Hall–Kier alpha value is -1.33. The molecule has 0 fully saturated rings. The number of aromatic nitrogens is 1. The highest BCUT2D eigenvalue weighted by Crippen LogP contribution is 2.16. The zero-order valence-corrected chi connectivity index (χ0v) is 11.4. The van der Waals surface area contributed by atoms with Gasteiger partial charge in [0.2, 0.25) is 0 Å². The molecule has 0 spiro atoms. The minimum absolute atomic E-state index is 0.116. The summed E-state index contributed by atoms with van der Waals surface area (Å²) in [7, 11) is 4.07. The van der Waals surface area contributed by atoms with Crippen LogP contribution in [0.4, 0.5) is 5.82 Å². The third-order valence-corrected chi connectivity index (χ3v) is 2.69. The second-order valence-electron chi connectivity index (χ2n) is 4.27. The molecule has 1 aromatic rings. The molecule has 0 saturated heterocycles. The highest BCUT2D eigenvalue weighted by atomic mass is 35.5. The van der Waals surface area contributed by atoms with Crippen molar-refractivity contribution in [1.82, 2.24) is 9.88 Å². The van der Waals surface area contributed by atoms with Crippen LogP contribution in [0.5, 0.6) is 0 Å². The van der Waals surface area contributed by atoms with Crippen LogP contribution in [0.15, 0.2) is 12.1 Å². The van der Waals surface area contributed by atoms with Gasteiger partial charge in [0, 0.05) is 6.54 Å². The monoisotopic (exact) mass is 271 g/mol. The molecule has 0 atom stereocenters. The van der Waals surface area contributed by atoms with Crippen LogP contribution in [-0.2, 0) is 0 Å². The molecule has 1 heterocycles. The van der Waals surface area contributed by atoms with Crippen LogP contribution in [-0.4, -0.2) is 48.1 Å². The minimum atomic E-state index is -1.11. The molecule has 6 heteroatoms.